The van der Waals surface area contributed by atoms with Gasteiger partial charge in [0.25, 0.3) is 5.91 Å². The Labute approximate surface area is 188 Å². The smallest absolute Gasteiger partial charge is 0.263 e. The predicted molar refractivity (Wildman–Crippen MR) is 121 cm³/mol. The van der Waals surface area contributed by atoms with Gasteiger partial charge in [-0.05, 0) is 54.0 Å². The molecule has 4 rings (SSSR count). The number of rotatable bonds is 5. The number of thioether (sulfide) groups is 1. The molecule has 0 saturated carbocycles. The topological polar surface area (TPSA) is 76.7 Å². The van der Waals surface area contributed by atoms with Crippen molar-refractivity contribution < 1.29 is 19.1 Å². The molecular weight excluding hydrogens is 444 g/mol. The van der Waals surface area contributed by atoms with E-state index in [1.807, 2.05) is 24.3 Å². The summed E-state index contributed by atoms with van der Waals surface area (Å²) in [5.41, 5.74) is 1.78. The van der Waals surface area contributed by atoms with Crippen LogP contribution < -0.4 is 15.4 Å². The van der Waals surface area contributed by atoms with Gasteiger partial charge in [-0.1, -0.05) is 47.7 Å². The second kappa shape index (κ2) is 9.18. The highest BCUT2D eigenvalue weighted by atomic mass is 35.5. The molecular formula is C21H17ClN2O4S2. The highest BCUT2D eigenvalue weighted by molar-refractivity contribution is 8.26. The van der Waals surface area contributed by atoms with Crippen LogP contribution in [-0.4, -0.2) is 35.4 Å². The van der Waals surface area contributed by atoms with Crippen LogP contribution in [0.15, 0.2) is 47.4 Å². The van der Waals surface area contributed by atoms with Gasteiger partial charge in [0.05, 0.1) is 22.6 Å². The summed E-state index contributed by atoms with van der Waals surface area (Å²) < 4.78 is 11.6. The number of thiocarbonyl (C=S) groups is 1. The molecule has 2 aliphatic rings. The summed E-state index contributed by atoms with van der Waals surface area (Å²) in [5, 5.41) is 5.96. The van der Waals surface area contributed by atoms with Crippen LogP contribution in [0.4, 0.5) is 0 Å². The van der Waals surface area contributed by atoms with Gasteiger partial charge in [0.2, 0.25) is 5.91 Å². The van der Waals surface area contributed by atoms with Crippen LogP contribution in [0.1, 0.15) is 11.1 Å². The van der Waals surface area contributed by atoms with Gasteiger partial charge in [0, 0.05) is 0 Å². The minimum absolute atomic E-state index is 0.0204. The molecule has 2 aromatic rings. The first-order valence-electron chi connectivity index (χ1n) is 9.14. The Bertz CT molecular complexity index is 1040. The summed E-state index contributed by atoms with van der Waals surface area (Å²) >= 11 is 12.6. The molecule has 2 N–H and O–H groups in total. The first-order valence-corrected chi connectivity index (χ1v) is 10.7. The summed E-state index contributed by atoms with van der Waals surface area (Å²) in [6.07, 6.45) is 2.39. The maximum Gasteiger partial charge on any atom is 0.263 e. The number of hydrogen-bond acceptors (Lipinski definition) is 6. The zero-order valence-electron chi connectivity index (χ0n) is 15.6. The SMILES string of the molecule is O=C1COCC(Cc2ccc(Oc3ccc(/C=C4/SC(=S)NC4=O)c(Cl)c3)cc2)N1. The highest BCUT2D eigenvalue weighted by Crippen LogP contribution is 2.31. The quantitative estimate of drug-likeness (QED) is 0.523. The molecule has 0 aromatic heterocycles. The fraction of sp³-hybridized carbons (Fsp3) is 0.190. The zero-order chi connectivity index (χ0) is 21.1. The second-order valence-corrected chi connectivity index (χ2v) is 8.89. The lowest BCUT2D eigenvalue weighted by atomic mass is 10.1. The molecule has 2 aromatic carbocycles. The Morgan fingerprint density at radius 3 is 2.63 bits per heavy atom. The minimum atomic E-state index is -0.221. The number of morpholine rings is 1. The third kappa shape index (κ3) is 5.20. The summed E-state index contributed by atoms with van der Waals surface area (Å²) in [4.78, 5) is 23.7. The van der Waals surface area contributed by atoms with Crippen molar-refractivity contribution in [1.82, 2.24) is 10.6 Å². The number of carbonyl (C=O) groups excluding carboxylic acids is 2. The molecule has 2 amide bonds. The summed E-state index contributed by atoms with van der Waals surface area (Å²) in [6, 6.07) is 12.9. The predicted octanol–water partition coefficient (Wildman–Crippen LogP) is 3.68. The van der Waals surface area contributed by atoms with Crippen molar-refractivity contribution >= 4 is 57.8 Å². The van der Waals surface area contributed by atoms with Gasteiger partial charge in [-0.3, -0.25) is 9.59 Å². The molecule has 0 bridgehead atoms. The van der Waals surface area contributed by atoms with E-state index in [4.69, 9.17) is 33.3 Å². The number of benzene rings is 2. The molecule has 1 atom stereocenters. The largest absolute Gasteiger partial charge is 0.457 e. The van der Waals surface area contributed by atoms with Gasteiger partial charge in [0.1, 0.15) is 22.4 Å². The third-order valence-corrected chi connectivity index (χ3v) is 5.95. The molecule has 30 heavy (non-hydrogen) atoms. The Kier molecular flexibility index (Phi) is 6.38. The number of nitrogens with one attached hydrogen (secondary N) is 2. The molecule has 0 spiro atoms. The van der Waals surface area contributed by atoms with Crippen molar-refractivity contribution in [2.45, 2.75) is 12.5 Å². The Hall–Kier alpha value is -2.39. The average molecular weight is 461 g/mol. The molecule has 2 saturated heterocycles. The fourth-order valence-corrected chi connectivity index (χ4v) is 4.34. The van der Waals surface area contributed by atoms with Gasteiger partial charge in [-0.15, -0.1) is 0 Å². The number of carbonyl (C=O) groups is 2. The van der Waals surface area contributed by atoms with E-state index >= 15 is 0 Å². The van der Waals surface area contributed by atoms with Crippen LogP contribution in [0.5, 0.6) is 11.5 Å². The molecule has 0 aliphatic carbocycles. The lowest BCUT2D eigenvalue weighted by molar-refractivity contribution is -0.131. The summed E-state index contributed by atoms with van der Waals surface area (Å²) in [6.45, 7) is 0.637. The standard InChI is InChI=1S/C21H17ClN2O4S2/c22-17-9-16(6-3-13(17)8-18-20(26)24-21(29)30-18)28-15-4-1-12(2-5-15)7-14-10-27-11-19(25)23-14/h1-6,8-9,14H,7,10-11H2,(H,23,25)(H,24,26,29)/b18-8+. The van der Waals surface area contributed by atoms with Crippen molar-refractivity contribution in [3.8, 4) is 11.5 Å². The van der Waals surface area contributed by atoms with E-state index in [1.54, 1.807) is 24.3 Å². The second-order valence-electron chi connectivity index (χ2n) is 6.77. The number of hydrogen-bond donors (Lipinski definition) is 2. The van der Waals surface area contributed by atoms with Crippen LogP contribution in [0, 0.1) is 0 Å². The van der Waals surface area contributed by atoms with E-state index in [-0.39, 0.29) is 24.5 Å². The molecule has 1 unspecified atom stereocenters. The van der Waals surface area contributed by atoms with Crippen LogP contribution in [0.25, 0.3) is 6.08 Å². The lowest BCUT2D eigenvalue weighted by Crippen LogP contribution is -2.46. The van der Waals surface area contributed by atoms with Gasteiger partial charge in [0.15, 0.2) is 0 Å². The van der Waals surface area contributed by atoms with E-state index in [0.717, 1.165) is 5.56 Å². The number of amides is 2. The normalized spacial score (nSPS) is 20.2. The van der Waals surface area contributed by atoms with Crippen molar-refractivity contribution in [2.24, 2.45) is 0 Å². The molecule has 6 nitrogen and oxygen atoms in total. The maximum atomic E-state index is 11.8. The number of ether oxygens (including phenoxy) is 2. The average Bonchev–Trinajstić information content (AvgIpc) is 3.02. The van der Waals surface area contributed by atoms with Crippen molar-refractivity contribution in [2.75, 3.05) is 13.2 Å². The Balaban J connectivity index is 1.40. The van der Waals surface area contributed by atoms with Crippen LogP contribution in [0.2, 0.25) is 5.02 Å². The molecule has 154 valence electrons. The lowest BCUT2D eigenvalue weighted by Gasteiger charge is -2.23. The van der Waals surface area contributed by atoms with E-state index in [9.17, 15) is 9.59 Å². The zero-order valence-corrected chi connectivity index (χ0v) is 18.0. The molecule has 2 heterocycles. The van der Waals surface area contributed by atoms with Crippen molar-refractivity contribution in [1.29, 1.82) is 0 Å². The van der Waals surface area contributed by atoms with Crippen LogP contribution in [0.3, 0.4) is 0 Å². The van der Waals surface area contributed by atoms with Crippen LogP contribution in [-0.2, 0) is 20.7 Å². The summed E-state index contributed by atoms with van der Waals surface area (Å²) in [7, 11) is 0. The van der Waals surface area contributed by atoms with Gasteiger partial charge in [-0.25, -0.2) is 0 Å². The molecule has 2 fully saturated rings. The highest BCUT2D eigenvalue weighted by Gasteiger charge is 2.22. The van der Waals surface area contributed by atoms with E-state index in [0.29, 0.717) is 44.3 Å². The monoisotopic (exact) mass is 460 g/mol. The van der Waals surface area contributed by atoms with E-state index in [1.165, 1.54) is 11.8 Å². The van der Waals surface area contributed by atoms with Crippen molar-refractivity contribution in [3.05, 3.63) is 63.5 Å². The van der Waals surface area contributed by atoms with E-state index in [2.05, 4.69) is 10.6 Å². The Morgan fingerprint density at radius 1 is 1.20 bits per heavy atom. The summed E-state index contributed by atoms with van der Waals surface area (Å²) in [5.74, 6) is 0.945. The van der Waals surface area contributed by atoms with E-state index < -0.39 is 0 Å². The fourth-order valence-electron chi connectivity index (χ4n) is 3.08. The van der Waals surface area contributed by atoms with Gasteiger partial charge >= 0.3 is 0 Å². The molecule has 2 aliphatic heterocycles. The van der Waals surface area contributed by atoms with Gasteiger partial charge < -0.3 is 20.1 Å². The first kappa shape index (κ1) is 20.9. The molecule has 9 heteroatoms. The first-order chi connectivity index (χ1) is 14.5. The Morgan fingerprint density at radius 2 is 1.97 bits per heavy atom. The van der Waals surface area contributed by atoms with Gasteiger partial charge in [-0.2, -0.15) is 0 Å². The third-order valence-electron chi connectivity index (χ3n) is 4.46. The van der Waals surface area contributed by atoms with Crippen LogP contribution >= 0.6 is 35.6 Å². The maximum absolute atomic E-state index is 11.8. The molecule has 0 radical (unpaired) electrons. The van der Waals surface area contributed by atoms with Crippen molar-refractivity contribution in [3.63, 3.8) is 0 Å². The number of halogens is 1. The minimum Gasteiger partial charge on any atom is -0.457 e.